The van der Waals surface area contributed by atoms with Crippen LogP contribution in [0.15, 0.2) is 18.2 Å². The second-order valence-corrected chi connectivity index (χ2v) is 4.54. The summed E-state index contributed by atoms with van der Waals surface area (Å²) in [5.74, 6) is 0.381. The van der Waals surface area contributed by atoms with Gasteiger partial charge in [0.25, 0.3) is 0 Å². The summed E-state index contributed by atoms with van der Waals surface area (Å²) in [6.45, 7) is 5.71. The molecule has 0 aliphatic heterocycles. The predicted molar refractivity (Wildman–Crippen MR) is 64.1 cm³/mol. The summed E-state index contributed by atoms with van der Waals surface area (Å²) in [6.07, 6.45) is 0.842. The van der Waals surface area contributed by atoms with Crippen LogP contribution in [0.4, 0.5) is 0 Å². The van der Waals surface area contributed by atoms with E-state index in [4.69, 9.17) is 0 Å². The van der Waals surface area contributed by atoms with Crippen molar-refractivity contribution in [2.24, 2.45) is 5.92 Å². The van der Waals surface area contributed by atoms with Gasteiger partial charge in [-0.25, -0.2) is 0 Å². The quantitative estimate of drug-likeness (QED) is 0.696. The molecular formula is C12H17OP. The van der Waals surface area contributed by atoms with Gasteiger partial charge in [-0.1, -0.05) is 30.7 Å². The molecule has 0 aliphatic rings. The predicted octanol–water partition coefficient (Wildman–Crippen LogP) is 2.26. The number of hydrogen-bond acceptors (Lipinski definition) is 1. The minimum atomic E-state index is 0.122. The normalized spacial score (nSPS) is 12.6. The van der Waals surface area contributed by atoms with E-state index in [-0.39, 0.29) is 11.7 Å². The summed E-state index contributed by atoms with van der Waals surface area (Å²) in [6, 6.07) is 6.33. The largest absolute Gasteiger partial charge is 0.300 e. The topological polar surface area (TPSA) is 17.1 Å². The zero-order chi connectivity index (χ0) is 10.7. The van der Waals surface area contributed by atoms with E-state index < -0.39 is 0 Å². The highest BCUT2D eigenvalue weighted by Crippen LogP contribution is 2.11. The molecule has 1 aromatic carbocycles. The standard InChI is InChI=1S/C12H17OP/c1-8-4-5-11(12(14)6-8)7-9(2)10(3)13/h4-6,9H,7,14H2,1-3H3. The molecule has 0 radical (unpaired) electrons. The van der Waals surface area contributed by atoms with Gasteiger partial charge in [-0.15, -0.1) is 9.24 Å². The molecule has 0 spiro atoms. The van der Waals surface area contributed by atoms with Crippen molar-refractivity contribution in [2.75, 3.05) is 0 Å². The minimum absolute atomic E-state index is 0.122. The molecule has 1 nitrogen and oxygen atoms in total. The summed E-state index contributed by atoms with van der Waals surface area (Å²) >= 11 is 0. The Bertz CT molecular complexity index is 344. The molecule has 0 saturated carbocycles. The maximum Gasteiger partial charge on any atom is 0.132 e. The Kier molecular flexibility index (Phi) is 3.83. The van der Waals surface area contributed by atoms with Crippen molar-refractivity contribution in [3.8, 4) is 0 Å². The average Bonchev–Trinajstić information content (AvgIpc) is 2.09. The lowest BCUT2D eigenvalue weighted by atomic mass is 9.97. The van der Waals surface area contributed by atoms with Crippen molar-refractivity contribution in [1.29, 1.82) is 0 Å². The van der Waals surface area contributed by atoms with E-state index in [1.54, 1.807) is 6.92 Å². The molecular weight excluding hydrogens is 191 g/mol. The molecule has 1 rings (SSSR count). The number of carbonyl (C=O) groups excluding carboxylic acids is 1. The van der Waals surface area contributed by atoms with Gasteiger partial charge in [-0.05, 0) is 31.1 Å². The number of Topliss-reactive ketones (excluding diaryl/α,β-unsaturated/α-hetero) is 1. The van der Waals surface area contributed by atoms with Crippen molar-refractivity contribution in [1.82, 2.24) is 0 Å². The first-order chi connectivity index (χ1) is 6.50. The van der Waals surface area contributed by atoms with Gasteiger partial charge in [0, 0.05) is 5.92 Å². The molecule has 76 valence electrons. The fourth-order valence-corrected chi connectivity index (χ4v) is 1.85. The lowest BCUT2D eigenvalue weighted by molar-refractivity contribution is -0.120. The van der Waals surface area contributed by atoms with Crippen LogP contribution in [0.3, 0.4) is 0 Å². The number of benzene rings is 1. The van der Waals surface area contributed by atoms with E-state index >= 15 is 0 Å². The molecule has 2 atom stereocenters. The third-order valence-corrected chi connectivity index (χ3v) is 3.06. The fourth-order valence-electron chi connectivity index (χ4n) is 1.37. The summed E-state index contributed by atoms with van der Waals surface area (Å²) in [4.78, 5) is 11.1. The molecule has 1 aromatic rings. The van der Waals surface area contributed by atoms with Crippen molar-refractivity contribution < 1.29 is 4.79 Å². The van der Waals surface area contributed by atoms with Crippen LogP contribution < -0.4 is 5.30 Å². The molecule has 0 saturated heterocycles. The Morgan fingerprint density at radius 2 is 2.14 bits per heavy atom. The number of hydrogen-bond donors (Lipinski definition) is 0. The van der Waals surface area contributed by atoms with E-state index in [1.165, 1.54) is 16.4 Å². The Morgan fingerprint density at radius 3 is 2.64 bits per heavy atom. The van der Waals surface area contributed by atoms with Crippen LogP contribution in [0.25, 0.3) is 0 Å². The minimum Gasteiger partial charge on any atom is -0.300 e. The second kappa shape index (κ2) is 4.70. The third-order valence-electron chi connectivity index (χ3n) is 2.52. The van der Waals surface area contributed by atoms with Crippen molar-refractivity contribution in [3.63, 3.8) is 0 Å². The summed E-state index contributed by atoms with van der Waals surface area (Å²) in [5, 5.41) is 1.21. The first-order valence-corrected chi connectivity index (χ1v) is 5.44. The molecule has 2 unspecified atom stereocenters. The SMILES string of the molecule is CC(=O)C(C)Cc1ccc(C)cc1P. The van der Waals surface area contributed by atoms with E-state index in [2.05, 4.69) is 34.4 Å². The molecule has 2 heteroatoms. The molecule has 0 heterocycles. The Morgan fingerprint density at radius 1 is 1.50 bits per heavy atom. The molecule has 0 N–H and O–H groups in total. The molecule has 0 aromatic heterocycles. The number of aryl methyl sites for hydroxylation is 1. The van der Waals surface area contributed by atoms with Crippen LogP contribution in [-0.2, 0) is 11.2 Å². The Hall–Kier alpha value is -0.680. The van der Waals surface area contributed by atoms with Crippen LogP contribution >= 0.6 is 9.24 Å². The van der Waals surface area contributed by atoms with E-state index in [1.807, 2.05) is 6.92 Å². The fraction of sp³-hybridized carbons (Fsp3) is 0.417. The van der Waals surface area contributed by atoms with Gasteiger partial charge >= 0.3 is 0 Å². The van der Waals surface area contributed by atoms with E-state index in [0.29, 0.717) is 0 Å². The highest BCUT2D eigenvalue weighted by atomic mass is 31.0. The van der Waals surface area contributed by atoms with E-state index in [9.17, 15) is 4.79 Å². The summed E-state index contributed by atoms with van der Waals surface area (Å²) in [7, 11) is 2.73. The molecule has 0 bridgehead atoms. The molecule has 0 amide bonds. The monoisotopic (exact) mass is 208 g/mol. The maximum absolute atomic E-state index is 11.1. The summed E-state index contributed by atoms with van der Waals surface area (Å²) in [5.41, 5.74) is 2.51. The molecule has 0 fully saturated rings. The highest BCUT2D eigenvalue weighted by molar-refractivity contribution is 7.27. The Balaban J connectivity index is 2.82. The number of rotatable bonds is 3. The summed E-state index contributed by atoms with van der Waals surface area (Å²) < 4.78 is 0. The second-order valence-electron chi connectivity index (χ2n) is 3.92. The van der Waals surface area contributed by atoms with Crippen LogP contribution in [-0.4, -0.2) is 5.78 Å². The highest BCUT2D eigenvalue weighted by Gasteiger charge is 2.09. The van der Waals surface area contributed by atoms with Crippen LogP contribution in [0.2, 0.25) is 0 Å². The third kappa shape index (κ3) is 2.92. The van der Waals surface area contributed by atoms with Crippen LogP contribution in [0.5, 0.6) is 0 Å². The van der Waals surface area contributed by atoms with Crippen molar-refractivity contribution in [2.45, 2.75) is 27.2 Å². The van der Waals surface area contributed by atoms with Crippen LogP contribution in [0, 0.1) is 12.8 Å². The lowest BCUT2D eigenvalue weighted by Crippen LogP contribution is -2.13. The van der Waals surface area contributed by atoms with Gasteiger partial charge in [0.2, 0.25) is 0 Å². The van der Waals surface area contributed by atoms with Gasteiger partial charge in [0.15, 0.2) is 0 Å². The first-order valence-electron chi connectivity index (χ1n) is 4.86. The lowest BCUT2D eigenvalue weighted by Gasteiger charge is -2.10. The van der Waals surface area contributed by atoms with E-state index in [0.717, 1.165) is 6.42 Å². The van der Waals surface area contributed by atoms with Crippen molar-refractivity contribution in [3.05, 3.63) is 29.3 Å². The Labute approximate surface area is 88.1 Å². The van der Waals surface area contributed by atoms with Gasteiger partial charge in [0.05, 0.1) is 0 Å². The zero-order valence-corrected chi connectivity index (χ0v) is 10.2. The first kappa shape index (κ1) is 11.4. The average molecular weight is 208 g/mol. The number of carbonyl (C=O) groups is 1. The van der Waals surface area contributed by atoms with Crippen molar-refractivity contribution >= 4 is 20.3 Å². The smallest absolute Gasteiger partial charge is 0.132 e. The van der Waals surface area contributed by atoms with Gasteiger partial charge in [-0.2, -0.15) is 0 Å². The van der Waals surface area contributed by atoms with Gasteiger partial charge in [0.1, 0.15) is 5.78 Å². The molecule has 14 heavy (non-hydrogen) atoms. The van der Waals surface area contributed by atoms with Gasteiger partial charge < -0.3 is 0 Å². The van der Waals surface area contributed by atoms with Gasteiger partial charge in [-0.3, -0.25) is 4.79 Å². The maximum atomic E-state index is 11.1. The zero-order valence-electron chi connectivity index (χ0n) is 9.00. The molecule has 0 aliphatic carbocycles. The number of ketones is 1. The van der Waals surface area contributed by atoms with Crippen LogP contribution in [0.1, 0.15) is 25.0 Å².